The Morgan fingerprint density at radius 1 is 1.38 bits per heavy atom. The number of nitro benzene ring substituents is 1. The maximum atomic E-state index is 12.8. The summed E-state index contributed by atoms with van der Waals surface area (Å²) in [6, 6.07) is 1.63. The fourth-order valence-electron chi connectivity index (χ4n) is 1.62. The van der Waals surface area contributed by atoms with E-state index in [-0.39, 0.29) is 18.4 Å². The van der Waals surface area contributed by atoms with Gasteiger partial charge in [-0.25, -0.2) is 8.42 Å². The molecule has 0 aliphatic heterocycles. The molecule has 1 aromatic rings. The highest BCUT2D eigenvalue weighted by molar-refractivity contribution is 7.92. The van der Waals surface area contributed by atoms with Crippen LogP contribution in [0.25, 0.3) is 0 Å². The van der Waals surface area contributed by atoms with Crippen molar-refractivity contribution in [3.63, 3.8) is 0 Å². The number of alkyl halides is 4. The Hall–Kier alpha value is -1.35. The summed E-state index contributed by atoms with van der Waals surface area (Å²) >= 11 is 5.43. The van der Waals surface area contributed by atoms with Gasteiger partial charge >= 0.3 is 6.18 Å². The average molecular weight is 346 g/mol. The molecule has 10 heteroatoms. The second-order valence-corrected chi connectivity index (χ2v) is 7.01. The molecule has 1 atom stereocenters. The van der Waals surface area contributed by atoms with Crippen molar-refractivity contribution in [1.82, 2.24) is 0 Å². The third-order valence-electron chi connectivity index (χ3n) is 2.84. The summed E-state index contributed by atoms with van der Waals surface area (Å²) in [4.78, 5) is 8.78. The van der Waals surface area contributed by atoms with E-state index in [4.69, 9.17) is 11.6 Å². The van der Waals surface area contributed by atoms with Gasteiger partial charge in [-0.15, -0.1) is 11.6 Å². The molecule has 1 unspecified atom stereocenters. The molecule has 0 aromatic heterocycles. The van der Waals surface area contributed by atoms with Crippen LogP contribution in [0.3, 0.4) is 0 Å². The van der Waals surface area contributed by atoms with Crippen LogP contribution in [0.4, 0.5) is 18.9 Å². The minimum Gasteiger partial charge on any atom is -0.258 e. The summed E-state index contributed by atoms with van der Waals surface area (Å²) in [5.41, 5.74) is -2.78. The number of halogens is 4. The van der Waals surface area contributed by atoms with Crippen molar-refractivity contribution in [1.29, 1.82) is 0 Å². The molecule has 0 spiro atoms. The van der Waals surface area contributed by atoms with Crippen molar-refractivity contribution in [2.24, 2.45) is 0 Å². The summed E-state index contributed by atoms with van der Waals surface area (Å²) in [6.45, 7) is 1.31. The lowest BCUT2D eigenvalue weighted by molar-refractivity contribution is -0.388. The first-order chi connectivity index (χ1) is 9.51. The molecule has 0 saturated heterocycles. The predicted molar refractivity (Wildman–Crippen MR) is 70.1 cm³/mol. The first-order valence-electron chi connectivity index (χ1n) is 5.67. The molecule has 0 saturated carbocycles. The van der Waals surface area contributed by atoms with Crippen molar-refractivity contribution >= 4 is 27.1 Å². The average Bonchev–Trinajstić information content (AvgIpc) is 2.37. The van der Waals surface area contributed by atoms with E-state index < -0.39 is 42.3 Å². The van der Waals surface area contributed by atoms with Crippen LogP contribution in [0.15, 0.2) is 23.1 Å². The van der Waals surface area contributed by atoms with E-state index in [1.807, 2.05) is 0 Å². The van der Waals surface area contributed by atoms with Gasteiger partial charge in [0.15, 0.2) is 9.84 Å². The Labute approximate surface area is 123 Å². The Kier molecular flexibility index (Phi) is 5.21. The van der Waals surface area contributed by atoms with Crippen molar-refractivity contribution in [2.45, 2.75) is 29.7 Å². The fraction of sp³-hybridized carbons (Fsp3) is 0.455. The highest BCUT2D eigenvalue weighted by Crippen LogP contribution is 2.37. The summed E-state index contributed by atoms with van der Waals surface area (Å²) in [5.74, 6) is 0.0273. The Morgan fingerprint density at radius 2 is 1.95 bits per heavy atom. The van der Waals surface area contributed by atoms with Gasteiger partial charge in [0.2, 0.25) is 0 Å². The normalized spacial score (nSPS) is 14.0. The maximum absolute atomic E-state index is 12.8. The van der Waals surface area contributed by atoms with E-state index in [2.05, 4.69) is 0 Å². The standard InChI is InChI=1S/C11H11ClF3NO4S/c1-7(4-5-12)21(19,20)8-2-3-10(16(17)18)9(6-8)11(13,14)15/h2-3,6-7H,4-5H2,1H3. The molecule has 0 bridgehead atoms. The summed E-state index contributed by atoms with van der Waals surface area (Å²) in [6.07, 6.45) is -4.97. The van der Waals surface area contributed by atoms with Crippen molar-refractivity contribution in [3.8, 4) is 0 Å². The Bertz CT molecular complexity index is 645. The highest BCUT2D eigenvalue weighted by atomic mass is 35.5. The number of hydrogen-bond acceptors (Lipinski definition) is 4. The lowest BCUT2D eigenvalue weighted by Crippen LogP contribution is -2.19. The third kappa shape index (κ3) is 3.85. The summed E-state index contributed by atoms with van der Waals surface area (Å²) < 4.78 is 62.6. The van der Waals surface area contributed by atoms with Crippen LogP contribution in [0.1, 0.15) is 18.9 Å². The zero-order chi connectivity index (χ0) is 16.4. The molecule has 0 amide bonds. The largest absolute Gasteiger partial charge is 0.423 e. The van der Waals surface area contributed by atoms with Gasteiger partial charge in [-0.05, 0) is 25.5 Å². The molecule has 21 heavy (non-hydrogen) atoms. The number of nitro groups is 1. The SMILES string of the molecule is CC(CCCl)S(=O)(=O)c1ccc([N+](=O)[O-])c(C(F)(F)F)c1. The van der Waals surface area contributed by atoms with Gasteiger partial charge in [0, 0.05) is 11.9 Å². The predicted octanol–water partition coefficient (Wildman–Crippen LogP) is 3.40. The van der Waals surface area contributed by atoms with Gasteiger partial charge in [-0.3, -0.25) is 10.1 Å². The first-order valence-corrected chi connectivity index (χ1v) is 7.75. The lowest BCUT2D eigenvalue weighted by Gasteiger charge is -2.13. The minimum atomic E-state index is -5.02. The Morgan fingerprint density at radius 3 is 2.38 bits per heavy atom. The Balaban J connectivity index is 3.45. The fourth-order valence-corrected chi connectivity index (χ4v) is 3.51. The molecule has 0 heterocycles. The summed E-state index contributed by atoms with van der Waals surface area (Å²) in [5, 5.41) is 9.62. The van der Waals surface area contributed by atoms with Crippen LogP contribution < -0.4 is 0 Å². The van der Waals surface area contributed by atoms with Crippen LogP contribution in [-0.2, 0) is 16.0 Å². The smallest absolute Gasteiger partial charge is 0.258 e. The van der Waals surface area contributed by atoms with Gasteiger partial charge in [-0.1, -0.05) is 0 Å². The number of benzene rings is 1. The quantitative estimate of drug-likeness (QED) is 0.465. The van der Waals surface area contributed by atoms with Gasteiger partial charge in [0.1, 0.15) is 5.56 Å². The van der Waals surface area contributed by atoms with Crippen molar-refractivity contribution < 1.29 is 26.5 Å². The topological polar surface area (TPSA) is 77.3 Å². The van der Waals surface area contributed by atoms with Crippen LogP contribution in [-0.4, -0.2) is 24.5 Å². The van der Waals surface area contributed by atoms with E-state index in [9.17, 15) is 31.7 Å². The van der Waals surface area contributed by atoms with E-state index in [0.29, 0.717) is 6.07 Å². The van der Waals surface area contributed by atoms with Crippen LogP contribution in [0.2, 0.25) is 0 Å². The molecular weight excluding hydrogens is 335 g/mol. The van der Waals surface area contributed by atoms with Crippen LogP contribution in [0.5, 0.6) is 0 Å². The summed E-state index contributed by atoms with van der Waals surface area (Å²) in [7, 11) is -4.03. The van der Waals surface area contributed by atoms with E-state index in [0.717, 1.165) is 6.07 Å². The van der Waals surface area contributed by atoms with Crippen molar-refractivity contribution in [3.05, 3.63) is 33.9 Å². The third-order valence-corrected chi connectivity index (χ3v) is 5.27. The van der Waals surface area contributed by atoms with Crippen LogP contribution in [0, 0.1) is 10.1 Å². The van der Waals surface area contributed by atoms with Gasteiger partial charge in [0.25, 0.3) is 5.69 Å². The molecule has 1 aromatic carbocycles. The second kappa shape index (κ2) is 6.18. The molecule has 0 radical (unpaired) electrons. The second-order valence-electron chi connectivity index (χ2n) is 4.27. The number of sulfone groups is 1. The van der Waals surface area contributed by atoms with E-state index in [1.54, 1.807) is 0 Å². The number of hydrogen-bond donors (Lipinski definition) is 0. The highest BCUT2D eigenvalue weighted by Gasteiger charge is 2.39. The van der Waals surface area contributed by atoms with Crippen LogP contribution >= 0.6 is 11.6 Å². The van der Waals surface area contributed by atoms with Gasteiger partial charge < -0.3 is 0 Å². The molecule has 0 aliphatic carbocycles. The zero-order valence-corrected chi connectivity index (χ0v) is 12.3. The molecule has 0 N–H and O–H groups in total. The first kappa shape index (κ1) is 17.7. The number of nitrogens with zero attached hydrogens (tertiary/aromatic N) is 1. The van der Waals surface area contributed by atoms with Crippen molar-refractivity contribution in [2.75, 3.05) is 5.88 Å². The molecule has 5 nitrogen and oxygen atoms in total. The monoisotopic (exact) mass is 345 g/mol. The van der Waals surface area contributed by atoms with Gasteiger partial charge in [-0.2, -0.15) is 13.2 Å². The molecule has 0 fully saturated rings. The number of rotatable bonds is 5. The molecular formula is C11H11ClF3NO4S. The molecule has 0 aliphatic rings. The van der Waals surface area contributed by atoms with E-state index >= 15 is 0 Å². The lowest BCUT2D eigenvalue weighted by atomic mass is 10.2. The minimum absolute atomic E-state index is 0.0273. The van der Waals surface area contributed by atoms with Gasteiger partial charge in [0.05, 0.1) is 15.1 Å². The zero-order valence-electron chi connectivity index (χ0n) is 10.7. The molecule has 1 rings (SSSR count). The van der Waals surface area contributed by atoms with E-state index in [1.165, 1.54) is 6.92 Å². The maximum Gasteiger partial charge on any atom is 0.423 e. The molecule has 118 valence electrons.